The number of Topliss-reactive ketones (excluding diaryl/α,β-unsaturated/α-hetero) is 2. The number of unbranched alkanes of at least 4 members (excludes halogenated alkanes) is 4. The normalized spacial score (nSPS) is 16.6. The van der Waals surface area contributed by atoms with E-state index in [1.807, 2.05) is 27.7 Å². The van der Waals surface area contributed by atoms with Crippen LogP contribution in [0, 0.1) is 28.6 Å². The minimum absolute atomic E-state index is 0.0266. The van der Waals surface area contributed by atoms with Gasteiger partial charge in [0.25, 0.3) is 0 Å². The zero-order valence-electron chi connectivity index (χ0n) is 39.4. The molecule has 4 amide bonds. The SMILES string of the molecule is CC.CC(=O)CC(C)(C)CC=O.CCC.CCCCCCCOC[C@H](NC(CC(C)C)C(C)(C)C)C(=O)N1C[C@H](C)CC1C(=O)NCC(=O)C1CC1.NC=O.NC=O. The van der Waals surface area contributed by atoms with Gasteiger partial charge in [0.15, 0.2) is 5.78 Å². The molecule has 0 radical (unpaired) electrons. The van der Waals surface area contributed by atoms with Crippen LogP contribution in [0.3, 0.4) is 0 Å². The number of hydrogen-bond acceptors (Lipinski definition) is 9. The Bertz CT molecular complexity index is 1100. The van der Waals surface area contributed by atoms with Gasteiger partial charge in [-0.15, -0.1) is 0 Å². The highest BCUT2D eigenvalue weighted by Crippen LogP contribution is 2.30. The second-order valence-corrected chi connectivity index (χ2v) is 17.5. The number of carbonyl (C=O) groups excluding carboxylic acids is 7. The molecule has 4 atom stereocenters. The summed E-state index contributed by atoms with van der Waals surface area (Å²) in [6, 6.07) is -0.906. The average Bonchev–Trinajstić information content (AvgIpc) is 3.90. The van der Waals surface area contributed by atoms with Gasteiger partial charge in [-0.3, -0.25) is 24.0 Å². The third-order valence-corrected chi connectivity index (χ3v) is 9.06. The summed E-state index contributed by atoms with van der Waals surface area (Å²) in [4.78, 5) is 78.8. The standard InChI is InChI=1S/C30H55N3O4.C8H14O2.C3H8.C2H6.2CH3NO/c1-8-9-10-11-12-15-37-20-24(32-27(16-21(2)3)30(5,6)7)29(36)33-19-22(4)17-25(33)28(35)31-18-26(34)23-13-14-23;1-7(10)6-8(2,3)4-5-9;1-3-2;1-2;2*2-1-3/h21-25,27,32H,8-20H2,1-7H3,(H,31,35);5H,4,6H2,1-3H3;3H2,1-2H3;1-2H3;2*1H,(H2,2,3)/t22-,24+,25?,27?;;;;;/m1...../s1. The molecule has 0 bridgehead atoms. The lowest BCUT2D eigenvalue weighted by Crippen LogP contribution is -2.58. The van der Waals surface area contributed by atoms with Crippen LogP contribution in [-0.4, -0.2) is 91.8 Å². The molecule has 13 nitrogen and oxygen atoms in total. The zero-order chi connectivity index (χ0) is 45.9. The summed E-state index contributed by atoms with van der Waals surface area (Å²) in [6.45, 7) is 30.5. The maximum Gasteiger partial charge on any atom is 0.243 e. The predicted molar refractivity (Wildman–Crippen MR) is 237 cm³/mol. The third kappa shape index (κ3) is 33.7. The molecule has 6 N–H and O–H groups in total. The van der Waals surface area contributed by atoms with E-state index in [4.69, 9.17) is 14.3 Å². The van der Waals surface area contributed by atoms with Crippen molar-refractivity contribution < 1.29 is 38.3 Å². The first-order valence-corrected chi connectivity index (χ1v) is 21.8. The molecule has 2 unspecified atom stereocenters. The summed E-state index contributed by atoms with van der Waals surface area (Å²) < 4.78 is 6.05. The molecular formula is C45H89N5O8. The second-order valence-electron chi connectivity index (χ2n) is 17.5. The van der Waals surface area contributed by atoms with Crippen LogP contribution in [0.4, 0.5) is 0 Å². The Labute approximate surface area is 354 Å². The van der Waals surface area contributed by atoms with E-state index in [0.29, 0.717) is 44.9 Å². The van der Waals surface area contributed by atoms with Gasteiger partial charge >= 0.3 is 0 Å². The van der Waals surface area contributed by atoms with Crippen molar-refractivity contribution in [2.45, 2.75) is 192 Å². The Morgan fingerprint density at radius 2 is 1.41 bits per heavy atom. The molecule has 2 rings (SSSR count). The van der Waals surface area contributed by atoms with E-state index < -0.39 is 12.1 Å². The molecule has 0 aromatic carbocycles. The lowest BCUT2D eigenvalue weighted by molar-refractivity contribution is -0.142. The lowest BCUT2D eigenvalue weighted by atomic mass is 9.81. The minimum atomic E-state index is -0.536. The Balaban J connectivity index is -0.000000573. The number of primary amides is 2. The molecule has 1 heterocycles. The van der Waals surface area contributed by atoms with E-state index in [1.54, 1.807) is 11.8 Å². The molecular weight excluding hydrogens is 739 g/mol. The predicted octanol–water partition coefficient (Wildman–Crippen LogP) is 6.95. The molecule has 1 aliphatic carbocycles. The average molecular weight is 828 g/mol. The number of carbonyl (C=O) groups is 7. The van der Waals surface area contributed by atoms with Crippen molar-refractivity contribution in [2.75, 3.05) is 26.3 Å². The van der Waals surface area contributed by atoms with Crippen LogP contribution in [-0.2, 0) is 38.3 Å². The Kier molecular flexibility index (Phi) is 39.1. The van der Waals surface area contributed by atoms with Crippen LogP contribution in [0.15, 0.2) is 0 Å². The van der Waals surface area contributed by atoms with Gasteiger partial charge < -0.3 is 41.3 Å². The summed E-state index contributed by atoms with van der Waals surface area (Å²) >= 11 is 0. The first-order chi connectivity index (χ1) is 27.2. The number of rotatable bonds is 21. The molecule has 0 aromatic rings. The van der Waals surface area contributed by atoms with Gasteiger partial charge in [0.2, 0.25) is 24.6 Å². The van der Waals surface area contributed by atoms with E-state index in [-0.39, 0.29) is 71.5 Å². The first kappa shape index (κ1) is 61.5. The van der Waals surface area contributed by atoms with Crippen molar-refractivity contribution >= 4 is 42.5 Å². The number of nitrogens with zero attached hydrogens (tertiary/aromatic N) is 1. The van der Waals surface area contributed by atoms with Gasteiger partial charge in [-0.2, -0.15) is 0 Å². The van der Waals surface area contributed by atoms with E-state index in [9.17, 15) is 24.0 Å². The number of ether oxygens (including phenoxy) is 1. The molecule has 13 heteroatoms. The molecule has 58 heavy (non-hydrogen) atoms. The molecule has 2 aliphatic rings. The Hall–Kier alpha value is -3.19. The molecule has 342 valence electrons. The van der Waals surface area contributed by atoms with Crippen LogP contribution in [0.2, 0.25) is 0 Å². The van der Waals surface area contributed by atoms with Crippen molar-refractivity contribution in [2.24, 2.45) is 40.1 Å². The van der Waals surface area contributed by atoms with Gasteiger partial charge in [-0.25, -0.2) is 0 Å². The highest BCUT2D eigenvalue weighted by atomic mass is 16.5. The lowest BCUT2D eigenvalue weighted by Gasteiger charge is -2.37. The summed E-state index contributed by atoms with van der Waals surface area (Å²) in [5.41, 5.74) is 8.16. The number of aldehydes is 1. The van der Waals surface area contributed by atoms with Gasteiger partial charge in [0, 0.05) is 38.0 Å². The van der Waals surface area contributed by atoms with E-state index in [2.05, 4.69) is 84.4 Å². The van der Waals surface area contributed by atoms with E-state index >= 15 is 0 Å². The van der Waals surface area contributed by atoms with Crippen molar-refractivity contribution in [3.8, 4) is 0 Å². The molecule has 2 fully saturated rings. The minimum Gasteiger partial charge on any atom is -0.379 e. The third-order valence-electron chi connectivity index (χ3n) is 9.06. The molecule has 0 spiro atoms. The second kappa shape index (κ2) is 36.9. The Morgan fingerprint density at radius 1 is 0.897 bits per heavy atom. The van der Waals surface area contributed by atoms with E-state index in [0.717, 1.165) is 38.4 Å². The molecule has 1 saturated heterocycles. The van der Waals surface area contributed by atoms with Gasteiger partial charge in [-0.1, -0.05) is 122 Å². The van der Waals surface area contributed by atoms with Crippen molar-refractivity contribution in [3.05, 3.63) is 0 Å². The Morgan fingerprint density at radius 3 is 1.84 bits per heavy atom. The summed E-state index contributed by atoms with van der Waals surface area (Å²) in [7, 11) is 0. The van der Waals surface area contributed by atoms with Crippen LogP contribution < -0.4 is 22.1 Å². The van der Waals surface area contributed by atoms with Crippen molar-refractivity contribution in [1.29, 1.82) is 0 Å². The fraction of sp³-hybridized carbons (Fsp3) is 0.844. The van der Waals surface area contributed by atoms with Crippen LogP contribution in [0.25, 0.3) is 0 Å². The van der Waals surface area contributed by atoms with Crippen LogP contribution >= 0.6 is 0 Å². The topological polar surface area (TPSA) is 208 Å². The van der Waals surface area contributed by atoms with Crippen molar-refractivity contribution in [1.82, 2.24) is 15.5 Å². The van der Waals surface area contributed by atoms with Crippen LogP contribution in [0.1, 0.15) is 174 Å². The maximum absolute atomic E-state index is 14.0. The number of hydrogen-bond donors (Lipinski definition) is 4. The van der Waals surface area contributed by atoms with Gasteiger partial charge in [0.1, 0.15) is 24.2 Å². The first-order valence-electron chi connectivity index (χ1n) is 21.8. The molecule has 1 aliphatic heterocycles. The summed E-state index contributed by atoms with van der Waals surface area (Å²) in [5, 5.41) is 6.48. The fourth-order valence-electron chi connectivity index (χ4n) is 6.14. The quantitative estimate of drug-likeness (QED) is 0.0696. The summed E-state index contributed by atoms with van der Waals surface area (Å²) in [5.74, 6) is 0.800. The number of nitrogens with one attached hydrogen (secondary N) is 2. The van der Waals surface area contributed by atoms with Gasteiger partial charge in [-0.05, 0) is 61.7 Å². The van der Waals surface area contributed by atoms with E-state index in [1.165, 1.54) is 25.7 Å². The largest absolute Gasteiger partial charge is 0.379 e. The highest BCUT2D eigenvalue weighted by Gasteiger charge is 2.42. The van der Waals surface area contributed by atoms with Crippen molar-refractivity contribution in [3.63, 3.8) is 0 Å². The highest BCUT2D eigenvalue weighted by molar-refractivity contribution is 5.93. The molecule has 1 saturated carbocycles. The fourth-order valence-corrected chi connectivity index (χ4v) is 6.14. The number of amides is 4. The smallest absolute Gasteiger partial charge is 0.243 e. The number of nitrogens with two attached hydrogens (primary N) is 2. The van der Waals surface area contributed by atoms with Crippen LogP contribution in [0.5, 0.6) is 0 Å². The molecule has 0 aromatic heterocycles. The zero-order valence-corrected chi connectivity index (χ0v) is 39.4. The maximum atomic E-state index is 14.0. The monoisotopic (exact) mass is 828 g/mol. The van der Waals surface area contributed by atoms with Gasteiger partial charge in [0.05, 0.1) is 13.2 Å². The number of likely N-dealkylation sites (tertiary alicyclic amines) is 1. The number of ketones is 2. The summed E-state index contributed by atoms with van der Waals surface area (Å²) in [6.07, 6.45) is 12.8.